The van der Waals surface area contributed by atoms with Crippen molar-refractivity contribution in [3.05, 3.63) is 24.4 Å². The maximum Gasteiger partial charge on any atom is 0.276 e. The van der Waals surface area contributed by atoms with Gasteiger partial charge in [-0.05, 0) is 24.6 Å². The van der Waals surface area contributed by atoms with Crippen molar-refractivity contribution in [2.75, 3.05) is 20.1 Å². The average Bonchev–Trinajstić information content (AvgIpc) is 3.28. The zero-order valence-electron chi connectivity index (χ0n) is 13.2. The Kier molecular flexibility index (Phi) is 3.50. The van der Waals surface area contributed by atoms with Gasteiger partial charge in [-0.15, -0.1) is 0 Å². The average molecular weight is 350 g/mol. The molecule has 0 saturated carbocycles. The topological polar surface area (TPSA) is 99.5 Å². The summed E-state index contributed by atoms with van der Waals surface area (Å²) < 4.78 is 32.6. The van der Waals surface area contributed by atoms with Crippen LogP contribution in [0.15, 0.2) is 33.9 Å². The number of carbonyl (C=O) groups is 1. The molecule has 2 aliphatic rings. The summed E-state index contributed by atoms with van der Waals surface area (Å²) in [6, 6.07) is 4.92. The maximum absolute atomic E-state index is 12.8. The molecule has 2 atom stereocenters. The summed E-state index contributed by atoms with van der Waals surface area (Å²) >= 11 is 0. The van der Waals surface area contributed by atoms with Crippen molar-refractivity contribution >= 4 is 15.9 Å². The number of H-pyrrole nitrogens is 1. The number of piperidine rings is 1. The normalized spacial score (nSPS) is 25.2. The zero-order valence-corrected chi connectivity index (χ0v) is 14.0. The minimum absolute atomic E-state index is 0.0491. The fourth-order valence-corrected chi connectivity index (χ4v) is 5.02. The van der Waals surface area contributed by atoms with Crippen LogP contribution in [0.3, 0.4) is 0 Å². The first kappa shape index (κ1) is 15.4. The number of aromatic amines is 1. The van der Waals surface area contributed by atoms with E-state index in [0.717, 1.165) is 0 Å². The van der Waals surface area contributed by atoms with Gasteiger partial charge in [0, 0.05) is 44.7 Å². The van der Waals surface area contributed by atoms with Gasteiger partial charge in [0.15, 0.2) is 5.76 Å². The van der Waals surface area contributed by atoms with Gasteiger partial charge in [0.05, 0.1) is 0 Å². The van der Waals surface area contributed by atoms with Gasteiger partial charge in [-0.1, -0.05) is 0 Å². The highest BCUT2D eigenvalue weighted by molar-refractivity contribution is 7.89. The van der Waals surface area contributed by atoms with Crippen LogP contribution in [0.25, 0.3) is 11.5 Å². The van der Waals surface area contributed by atoms with Crippen molar-refractivity contribution in [2.24, 2.45) is 5.92 Å². The summed E-state index contributed by atoms with van der Waals surface area (Å²) in [6.45, 7) is 0.740. The molecule has 0 aromatic carbocycles. The zero-order chi connectivity index (χ0) is 16.9. The highest BCUT2D eigenvalue weighted by atomic mass is 32.2. The first-order chi connectivity index (χ1) is 11.5. The largest absolute Gasteiger partial charge is 0.442 e. The number of hydrogen-bond donors (Lipinski definition) is 1. The van der Waals surface area contributed by atoms with Crippen LogP contribution >= 0.6 is 0 Å². The molecule has 8 nitrogen and oxygen atoms in total. The molecule has 2 aromatic rings. The van der Waals surface area contributed by atoms with Crippen LogP contribution in [0.5, 0.6) is 0 Å². The number of rotatable bonds is 3. The molecular formula is C15H18N4O4S. The lowest BCUT2D eigenvalue weighted by atomic mass is 9.94. The van der Waals surface area contributed by atoms with Crippen LogP contribution < -0.4 is 0 Å². The number of sulfonamides is 1. The lowest BCUT2D eigenvalue weighted by Crippen LogP contribution is -2.47. The molecule has 24 heavy (non-hydrogen) atoms. The summed E-state index contributed by atoms with van der Waals surface area (Å²) in [5.74, 6) is 0.564. The lowest BCUT2D eigenvalue weighted by molar-refractivity contribution is -0.127. The summed E-state index contributed by atoms with van der Waals surface area (Å²) in [6.07, 6.45) is 2.63. The number of nitrogens with zero attached hydrogens (tertiary/aromatic N) is 3. The van der Waals surface area contributed by atoms with Gasteiger partial charge in [-0.2, -0.15) is 9.40 Å². The molecule has 1 N–H and O–H groups in total. The van der Waals surface area contributed by atoms with E-state index in [1.165, 1.54) is 10.4 Å². The van der Waals surface area contributed by atoms with E-state index in [9.17, 15) is 13.2 Å². The Morgan fingerprint density at radius 1 is 1.33 bits per heavy atom. The lowest BCUT2D eigenvalue weighted by Gasteiger charge is -2.35. The van der Waals surface area contributed by atoms with Crippen molar-refractivity contribution in [2.45, 2.75) is 24.0 Å². The van der Waals surface area contributed by atoms with Crippen LogP contribution in [-0.4, -0.2) is 59.9 Å². The third-order valence-electron chi connectivity index (χ3n) is 4.93. The Labute approximate surface area is 139 Å². The summed E-state index contributed by atoms with van der Waals surface area (Å²) in [5, 5.41) is 6.49. The van der Waals surface area contributed by atoms with E-state index in [0.29, 0.717) is 37.4 Å². The van der Waals surface area contributed by atoms with E-state index in [1.54, 1.807) is 30.3 Å². The number of hydrogen-bond acceptors (Lipinski definition) is 5. The minimum atomic E-state index is -3.70. The molecule has 0 radical (unpaired) electrons. The van der Waals surface area contributed by atoms with Crippen molar-refractivity contribution in [1.82, 2.24) is 19.4 Å². The molecule has 2 fully saturated rings. The standard InChI is InChI=1S/C15H18N4O4S/c1-18-12-5-7-19(9-10(12)8-14(18)20)24(21,22)15-3-2-13(23-15)11-4-6-16-17-11/h2-4,6,10,12H,5,7-9H2,1H3,(H,16,17)/t10-,12+/m1/s1. The summed E-state index contributed by atoms with van der Waals surface area (Å²) in [4.78, 5) is 13.6. The minimum Gasteiger partial charge on any atom is -0.442 e. The third kappa shape index (κ3) is 2.35. The fourth-order valence-electron chi connectivity index (χ4n) is 3.59. The van der Waals surface area contributed by atoms with E-state index in [-0.39, 0.29) is 23.0 Å². The molecule has 4 rings (SSSR count). The number of carbonyl (C=O) groups excluding carboxylic acids is 1. The van der Waals surface area contributed by atoms with E-state index < -0.39 is 10.0 Å². The van der Waals surface area contributed by atoms with Gasteiger partial charge in [0.1, 0.15) is 5.69 Å². The molecular weight excluding hydrogens is 332 g/mol. The predicted molar refractivity (Wildman–Crippen MR) is 84.3 cm³/mol. The number of amides is 1. The molecule has 2 aromatic heterocycles. The number of fused-ring (bicyclic) bond motifs is 1. The fraction of sp³-hybridized carbons (Fsp3) is 0.467. The number of likely N-dealkylation sites (tertiary alicyclic amines) is 1. The van der Waals surface area contributed by atoms with E-state index in [2.05, 4.69) is 10.2 Å². The number of aromatic nitrogens is 2. The first-order valence-corrected chi connectivity index (χ1v) is 9.26. The first-order valence-electron chi connectivity index (χ1n) is 7.82. The summed E-state index contributed by atoms with van der Waals surface area (Å²) in [7, 11) is -1.91. The molecule has 0 aliphatic carbocycles. The molecule has 2 aliphatic heterocycles. The van der Waals surface area contributed by atoms with Gasteiger partial charge < -0.3 is 9.32 Å². The van der Waals surface area contributed by atoms with Crippen molar-refractivity contribution in [1.29, 1.82) is 0 Å². The van der Waals surface area contributed by atoms with Crippen molar-refractivity contribution in [3.63, 3.8) is 0 Å². The van der Waals surface area contributed by atoms with Crippen LogP contribution in [0.1, 0.15) is 12.8 Å². The molecule has 0 spiro atoms. The molecule has 9 heteroatoms. The Morgan fingerprint density at radius 3 is 2.92 bits per heavy atom. The van der Waals surface area contributed by atoms with Gasteiger partial charge in [0.2, 0.25) is 11.0 Å². The monoisotopic (exact) mass is 350 g/mol. The Balaban J connectivity index is 1.57. The van der Waals surface area contributed by atoms with Gasteiger partial charge in [-0.25, -0.2) is 8.42 Å². The highest BCUT2D eigenvalue weighted by Gasteiger charge is 2.44. The van der Waals surface area contributed by atoms with Crippen LogP contribution in [0.2, 0.25) is 0 Å². The van der Waals surface area contributed by atoms with Gasteiger partial charge >= 0.3 is 0 Å². The van der Waals surface area contributed by atoms with E-state index in [4.69, 9.17) is 4.42 Å². The molecule has 0 bridgehead atoms. The molecule has 4 heterocycles. The maximum atomic E-state index is 12.8. The SMILES string of the molecule is CN1C(=O)C[C@@H]2CN(S(=O)(=O)c3ccc(-c4ccn[nH]4)o3)CC[C@@H]21. The quantitative estimate of drug-likeness (QED) is 0.887. The molecule has 128 valence electrons. The van der Waals surface area contributed by atoms with E-state index in [1.807, 2.05) is 0 Å². The Bertz CT molecular complexity index is 858. The van der Waals surface area contributed by atoms with Crippen LogP contribution in [0, 0.1) is 5.92 Å². The van der Waals surface area contributed by atoms with Gasteiger partial charge in [0.25, 0.3) is 10.0 Å². The Hall–Kier alpha value is -2.13. The number of furan rings is 1. The predicted octanol–water partition coefficient (Wildman–Crippen LogP) is 0.911. The van der Waals surface area contributed by atoms with E-state index >= 15 is 0 Å². The smallest absolute Gasteiger partial charge is 0.276 e. The van der Waals surface area contributed by atoms with Crippen molar-refractivity contribution < 1.29 is 17.6 Å². The van der Waals surface area contributed by atoms with Crippen LogP contribution in [-0.2, 0) is 14.8 Å². The number of nitrogens with one attached hydrogen (secondary N) is 1. The second-order valence-electron chi connectivity index (χ2n) is 6.28. The molecule has 1 amide bonds. The highest BCUT2D eigenvalue weighted by Crippen LogP contribution is 2.34. The summed E-state index contributed by atoms with van der Waals surface area (Å²) in [5.41, 5.74) is 0.623. The van der Waals surface area contributed by atoms with Gasteiger partial charge in [-0.3, -0.25) is 9.89 Å². The molecule has 2 saturated heterocycles. The third-order valence-corrected chi connectivity index (χ3v) is 6.67. The van der Waals surface area contributed by atoms with Crippen molar-refractivity contribution in [3.8, 4) is 11.5 Å². The second kappa shape index (κ2) is 5.45. The molecule has 0 unspecified atom stereocenters. The second-order valence-corrected chi connectivity index (χ2v) is 8.15. The van der Waals surface area contributed by atoms with Crippen LogP contribution in [0.4, 0.5) is 0 Å². The Morgan fingerprint density at radius 2 is 2.17 bits per heavy atom.